The Kier molecular flexibility index (Phi) is 7.39. The predicted octanol–water partition coefficient (Wildman–Crippen LogP) is 4.92. The van der Waals surface area contributed by atoms with Crippen LogP contribution in [0.1, 0.15) is 33.9 Å². The van der Waals surface area contributed by atoms with Gasteiger partial charge in [-0.2, -0.15) is 0 Å². The maximum absolute atomic E-state index is 12.5. The van der Waals surface area contributed by atoms with Crippen molar-refractivity contribution in [1.29, 1.82) is 0 Å². The molecule has 0 spiro atoms. The smallest absolute Gasteiger partial charge is 0.310 e. The molecule has 3 rings (SSSR count). The van der Waals surface area contributed by atoms with Crippen molar-refractivity contribution in [3.8, 4) is 0 Å². The van der Waals surface area contributed by atoms with E-state index in [0.29, 0.717) is 0 Å². The van der Waals surface area contributed by atoms with Crippen LogP contribution >= 0.6 is 0 Å². The summed E-state index contributed by atoms with van der Waals surface area (Å²) >= 11 is 0. The van der Waals surface area contributed by atoms with Crippen molar-refractivity contribution in [2.75, 3.05) is 6.61 Å². The number of carbonyl (C=O) groups excluding carboxylic acids is 2. The second-order valence-electron chi connectivity index (χ2n) is 7.40. The van der Waals surface area contributed by atoms with Gasteiger partial charge in [-0.25, -0.2) is 0 Å². The molecule has 0 fully saturated rings. The summed E-state index contributed by atoms with van der Waals surface area (Å²) in [6, 6.07) is 24.8. The minimum absolute atomic E-state index is 0.0195. The molecule has 4 nitrogen and oxygen atoms in total. The predicted molar refractivity (Wildman–Crippen MR) is 116 cm³/mol. The van der Waals surface area contributed by atoms with Crippen molar-refractivity contribution in [3.63, 3.8) is 0 Å². The molecular weight excluding hydrogens is 376 g/mol. The van der Waals surface area contributed by atoms with Crippen LogP contribution in [0.3, 0.4) is 0 Å². The molecule has 0 bridgehead atoms. The summed E-state index contributed by atoms with van der Waals surface area (Å²) < 4.78 is 11.1. The Labute approximate surface area is 177 Å². The SMILES string of the molecule is Cc1ccc(CC(=O)OCC(OC(=O)Cc2ccc(C)cc2)c2ccccc2)cc1. The highest BCUT2D eigenvalue weighted by atomic mass is 16.6. The molecule has 1 unspecified atom stereocenters. The normalized spacial score (nSPS) is 11.5. The Balaban J connectivity index is 1.60. The van der Waals surface area contributed by atoms with Gasteiger partial charge < -0.3 is 9.47 Å². The lowest BCUT2D eigenvalue weighted by Crippen LogP contribution is -2.20. The summed E-state index contributed by atoms with van der Waals surface area (Å²) in [7, 11) is 0. The Morgan fingerprint density at radius 3 is 1.73 bits per heavy atom. The maximum atomic E-state index is 12.5. The van der Waals surface area contributed by atoms with Gasteiger partial charge in [0.1, 0.15) is 6.61 Å². The van der Waals surface area contributed by atoms with E-state index in [1.165, 1.54) is 0 Å². The quantitative estimate of drug-likeness (QED) is 0.502. The number of aryl methyl sites for hydroxylation is 2. The molecule has 0 heterocycles. The standard InChI is InChI=1S/C26H26O4/c1-19-8-12-21(13-9-19)16-25(27)29-18-24(23-6-4-3-5-7-23)30-26(28)17-22-14-10-20(2)11-15-22/h3-15,24H,16-18H2,1-2H3. The van der Waals surface area contributed by atoms with Crippen molar-refractivity contribution < 1.29 is 19.1 Å². The van der Waals surface area contributed by atoms with Gasteiger partial charge in [0.05, 0.1) is 12.8 Å². The van der Waals surface area contributed by atoms with Gasteiger partial charge in [0, 0.05) is 0 Å². The molecule has 0 radical (unpaired) electrons. The summed E-state index contributed by atoms with van der Waals surface area (Å²) in [6.07, 6.45) is -0.300. The lowest BCUT2D eigenvalue weighted by Gasteiger charge is -2.18. The molecular formula is C26H26O4. The van der Waals surface area contributed by atoms with Crippen molar-refractivity contribution >= 4 is 11.9 Å². The largest absolute Gasteiger partial charge is 0.461 e. The first-order chi connectivity index (χ1) is 14.5. The van der Waals surface area contributed by atoms with Gasteiger partial charge in [-0.15, -0.1) is 0 Å². The topological polar surface area (TPSA) is 52.6 Å². The second kappa shape index (κ2) is 10.4. The van der Waals surface area contributed by atoms with E-state index in [0.717, 1.165) is 27.8 Å². The molecule has 0 aromatic heterocycles. The number of hydrogen-bond acceptors (Lipinski definition) is 4. The van der Waals surface area contributed by atoms with E-state index in [4.69, 9.17) is 9.47 Å². The van der Waals surface area contributed by atoms with Crippen LogP contribution in [0.5, 0.6) is 0 Å². The average Bonchev–Trinajstić information content (AvgIpc) is 2.75. The molecule has 154 valence electrons. The molecule has 3 aromatic rings. The molecule has 4 heteroatoms. The highest BCUT2D eigenvalue weighted by Crippen LogP contribution is 2.19. The van der Waals surface area contributed by atoms with Gasteiger partial charge in [-0.1, -0.05) is 90.0 Å². The number of benzene rings is 3. The summed E-state index contributed by atoms with van der Waals surface area (Å²) in [5.41, 5.74) is 4.83. The van der Waals surface area contributed by atoms with Gasteiger partial charge in [0.25, 0.3) is 0 Å². The van der Waals surface area contributed by atoms with E-state index in [9.17, 15) is 9.59 Å². The van der Waals surface area contributed by atoms with Crippen molar-refractivity contribution in [1.82, 2.24) is 0 Å². The Morgan fingerprint density at radius 2 is 1.20 bits per heavy atom. The number of rotatable bonds is 8. The molecule has 0 aliphatic carbocycles. The van der Waals surface area contributed by atoms with Crippen LogP contribution in [0.2, 0.25) is 0 Å². The molecule has 0 saturated heterocycles. The van der Waals surface area contributed by atoms with Crippen molar-refractivity contribution in [2.45, 2.75) is 32.8 Å². The first-order valence-corrected chi connectivity index (χ1v) is 10.0. The third-order valence-corrected chi connectivity index (χ3v) is 4.78. The molecule has 30 heavy (non-hydrogen) atoms. The Morgan fingerprint density at radius 1 is 0.700 bits per heavy atom. The minimum Gasteiger partial charge on any atom is -0.461 e. The third-order valence-electron chi connectivity index (χ3n) is 4.78. The van der Waals surface area contributed by atoms with E-state index < -0.39 is 6.10 Å². The van der Waals surface area contributed by atoms with Crippen LogP contribution in [0.15, 0.2) is 78.9 Å². The summed E-state index contributed by atoms with van der Waals surface area (Å²) in [5.74, 6) is -0.711. The average molecular weight is 402 g/mol. The van der Waals surface area contributed by atoms with E-state index in [2.05, 4.69) is 0 Å². The fraction of sp³-hybridized carbons (Fsp3) is 0.231. The van der Waals surface area contributed by atoms with Gasteiger partial charge in [0.15, 0.2) is 6.10 Å². The van der Waals surface area contributed by atoms with Crippen LogP contribution in [0.25, 0.3) is 0 Å². The van der Waals surface area contributed by atoms with Crippen molar-refractivity contribution in [2.24, 2.45) is 0 Å². The van der Waals surface area contributed by atoms with Crippen LogP contribution in [0.4, 0.5) is 0 Å². The second-order valence-corrected chi connectivity index (χ2v) is 7.40. The van der Waals surface area contributed by atoms with E-state index >= 15 is 0 Å². The van der Waals surface area contributed by atoms with Gasteiger partial charge in [-0.05, 0) is 30.5 Å². The van der Waals surface area contributed by atoms with Gasteiger partial charge in [-0.3, -0.25) is 9.59 Å². The zero-order valence-electron chi connectivity index (χ0n) is 17.3. The number of ether oxygens (including phenoxy) is 2. The monoisotopic (exact) mass is 402 g/mol. The summed E-state index contributed by atoms with van der Waals surface area (Å²) in [5, 5.41) is 0. The van der Waals surface area contributed by atoms with Crippen molar-refractivity contribution in [3.05, 3.63) is 107 Å². The van der Waals surface area contributed by atoms with Crippen LogP contribution in [-0.2, 0) is 31.9 Å². The Hall–Kier alpha value is -3.40. The zero-order valence-corrected chi connectivity index (χ0v) is 17.3. The molecule has 0 aliphatic rings. The fourth-order valence-electron chi connectivity index (χ4n) is 3.03. The van der Waals surface area contributed by atoms with Crippen LogP contribution in [0, 0.1) is 13.8 Å². The lowest BCUT2D eigenvalue weighted by molar-refractivity contribution is -0.158. The van der Waals surface area contributed by atoms with E-state index in [1.807, 2.05) is 92.7 Å². The number of hydrogen-bond donors (Lipinski definition) is 0. The molecule has 0 N–H and O–H groups in total. The first kappa shape index (κ1) is 21.3. The molecule has 0 amide bonds. The first-order valence-electron chi connectivity index (χ1n) is 10.0. The zero-order chi connectivity index (χ0) is 21.3. The molecule has 0 saturated carbocycles. The van der Waals surface area contributed by atoms with Crippen LogP contribution in [-0.4, -0.2) is 18.5 Å². The van der Waals surface area contributed by atoms with E-state index in [-0.39, 0.29) is 31.4 Å². The molecule has 3 aromatic carbocycles. The van der Waals surface area contributed by atoms with Gasteiger partial charge in [0.2, 0.25) is 0 Å². The highest BCUT2D eigenvalue weighted by Gasteiger charge is 2.19. The highest BCUT2D eigenvalue weighted by molar-refractivity contribution is 5.73. The number of carbonyl (C=O) groups is 2. The molecule has 1 atom stereocenters. The summed E-state index contributed by atoms with van der Waals surface area (Å²) in [6.45, 7) is 3.98. The minimum atomic E-state index is -0.647. The number of esters is 2. The van der Waals surface area contributed by atoms with Gasteiger partial charge >= 0.3 is 11.9 Å². The summed E-state index contributed by atoms with van der Waals surface area (Å²) in [4.78, 5) is 24.8. The third kappa shape index (κ3) is 6.59. The fourth-order valence-corrected chi connectivity index (χ4v) is 3.03. The Bertz CT molecular complexity index is 960. The van der Waals surface area contributed by atoms with E-state index in [1.54, 1.807) is 0 Å². The van der Waals surface area contributed by atoms with Crippen LogP contribution < -0.4 is 0 Å². The lowest BCUT2D eigenvalue weighted by atomic mass is 10.1. The maximum Gasteiger partial charge on any atom is 0.310 e. The molecule has 0 aliphatic heterocycles.